The van der Waals surface area contributed by atoms with Gasteiger partial charge in [-0.15, -0.1) is 10.2 Å². The van der Waals surface area contributed by atoms with Gasteiger partial charge >= 0.3 is 0 Å². The molecule has 2 heterocycles. The van der Waals surface area contributed by atoms with E-state index >= 15 is 0 Å². The molecule has 0 radical (unpaired) electrons. The summed E-state index contributed by atoms with van der Waals surface area (Å²) in [6.07, 6.45) is 10.6. The molecule has 2 aromatic heterocycles. The summed E-state index contributed by atoms with van der Waals surface area (Å²) in [5, 5.41) is 12.8. The fraction of sp³-hybridized carbons (Fsp3) is 0.579. The van der Waals surface area contributed by atoms with Crippen LogP contribution >= 0.6 is 11.8 Å². The summed E-state index contributed by atoms with van der Waals surface area (Å²) in [6.45, 7) is 2.24. The van der Waals surface area contributed by atoms with Crippen LogP contribution in [-0.4, -0.2) is 37.5 Å². The largest absolute Gasteiger partial charge is 0.352 e. The second-order valence-corrected chi connectivity index (χ2v) is 8.31. The van der Waals surface area contributed by atoms with Crippen molar-refractivity contribution in [3.8, 4) is 11.4 Å². The van der Waals surface area contributed by atoms with E-state index in [1.54, 1.807) is 12.4 Å². The summed E-state index contributed by atoms with van der Waals surface area (Å²) in [4.78, 5) is 16.5. The smallest absolute Gasteiger partial charge is 0.230 e. The molecule has 6 nitrogen and oxygen atoms in total. The first kappa shape index (κ1) is 17.5. The van der Waals surface area contributed by atoms with Gasteiger partial charge in [0.15, 0.2) is 11.0 Å². The normalized spacial score (nSPS) is 23.0. The van der Waals surface area contributed by atoms with Crippen LogP contribution in [0.3, 0.4) is 0 Å². The molecule has 0 unspecified atom stereocenters. The molecule has 26 heavy (non-hydrogen) atoms. The van der Waals surface area contributed by atoms with E-state index in [1.807, 2.05) is 12.1 Å². The Morgan fingerprint density at radius 2 is 1.96 bits per heavy atom. The van der Waals surface area contributed by atoms with E-state index in [0.717, 1.165) is 35.8 Å². The summed E-state index contributed by atoms with van der Waals surface area (Å²) >= 11 is 1.49. The second-order valence-electron chi connectivity index (χ2n) is 7.37. The van der Waals surface area contributed by atoms with E-state index in [2.05, 4.69) is 32.0 Å². The quantitative estimate of drug-likeness (QED) is 0.787. The van der Waals surface area contributed by atoms with Gasteiger partial charge in [-0.05, 0) is 43.7 Å². The maximum Gasteiger partial charge on any atom is 0.230 e. The molecule has 2 aliphatic carbocycles. The Balaban J connectivity index is 1.42. The summed E-state index contributed by atoms with van der Waals surface area (Å²) in [7, 11) is 0. The highest BCUT2D eigenvalue weighted by molar-refractivity contribution is 7.99. The fourth-order valence-corrected chi connectivity index (χ4v) is 4.46. The highest BCUT2D eigenvalue weighted by Crippen LogP contribution is 2.40. The summed E-state index contributed by atoms with van der Waals surface area (Å²) in [6, 6.07) is 4.69. The van der Waals surface area contributed by atoms with Gasteiger partial charge in [-0.25, -0.2) is 0 Å². The van der Waals surface area contributed by atoms with Crippen molar-refractivity contribution in [1.82, 2.24) is 25.1 Å². The molecule has 1 N–H and O–H groups in total. The molecule has 0 spiro atoms. The van der Waals surface area contributed by atoms with Crippen LogP contribution in [0.4, 0.5) is 0 Å². The van der Waals surface area contributed by atoms with E-state index < -0.39 is 0 Å². The van der Waals surface area contributed by atoms with Crippen molar-refractivity contribution in [2.45, 2.75) is 62.7 Å². The van der Waals surface area contributed by atoms with E-state index in [0.29, 0.717) is 23.8 Å². The van der Waals surface area contributed by atoms with Crippen LogP contribution in [0.15, 0.2) is 29.7 Å². The summed E-state index contributed by atoms with van der Waals surface area (Å²) < 4.78 is 2.19. The summed E-state index contributed by atoms with van der Waals surface area (Å²) in [5.74, 6) is 1.94. The Morgan fingerprint density at radius 3 is 2.69 bits per heavy atom. The van der Waals surface area contributed by atoms with Crippen LogP contribution in [0.2, 0.25) is 0 Å². The molecule has 138 valence electrons. The summed E-state index contributed by atoms with van der Waals surface area (Å²) in [5.41, 5.74) is 1.02. The predicted octanol–water partition coefficient (Wildman–Crippen LogP) is 3.46. The van der Waals surface area contributed by atoms with Crippen molar-refractivity contribution >= 4 is 17.7 Å². The zero-order valence-electron chi connectivity index (χ0n) is 15.1. The van der Waals surface area contributed by atoms with Crippen molar-refractivity contribution in [3.05, 3.63) is 24.5 Å². The number of nitrogens with one attached hydrogen (secondary N) is 1. The maximum absolute atomic E-state index is 12.4. The zero-order chi connectivity index (χ0) is 17.9. The van der Waals surface area contributed by atoms with Crippen molar-refractivity contribution in [2.75, 3.05) is 5.75 Å². The van der Waals surface area contributed by atoms with Gasteiger partial charge < -0.3 is 5.32 Å². The number of thioether (sulfide) groups is 1. The van der Waals surface area contributed by atoms with Crippen LogP contribution in [0, 0.1) is 5.92 Å². The first-order chi connectivity index (χ1) is 12.7. The van der Waals surface area contributed by atoms with Gasteiger partial charge in [0.1, 0.15) is 0 Å². The molecule has 2 atom stereocenters. The van der Waals surface area contributed by atoms with E-state index in [9.17, 15) is 4.79 Å². The van der Waals surface area contributed by atoms with Crippen LogP contribution in [0.5, 0.6) is 0 Å². The van der Waals surface area contributed by atoms with Crippen LogP contribution < -0.4 is 5.32 Å². The Hall–Kier alpha value is -1.89. The third-order valence-corrected chi connectivity index (χ3v) is 6.25. The molecule has 7 heteroatoms. The third-order valence-electron chi connectivity index (χ3n) is 5.31. The molecule has 1 amide bonds. The number of carbonyl (C=O) groups is 1. The lowest BCUT2D eigenvalue weighted by atomic mass is 9.86. The number of rotatable bonds is 6. The van der Waals surface area contributed by atoms with Gasteiger partial charge in [0.2, 0.25) is 5.91 Å². The number of hydrogen-bond acceptors (Lipinski definition) is 5. The highest BCUT2D eigenvalue weighted by atomic mass is 32.2. The molecule has 0 aromatic carbocycles. The number of pyridine rings is 1. The lowest BCUT2D eigenvalue weighted by Crippen LogP contribution is -2.41. The monoisotopic (exact) mass is 371 g/mol. The fourth-order valence-electron chi connectivity index (χ4n) is 3.64. The van der Waals surface area contributed by atoms with Crippen molar-refractivity contribution in [1.29, 1.82) is 0 Å². The van der Waals surface area contributed by atoms with Crippen molar-refractivity contribution in [3.63, 3.8) is 0 Å². The average molecular weight is 372 g/mol. The molecule has 0 saturated heterocycles. The number of carbonyl (C=O) groups excluding carboxylic acids is 1. The molecule has 2 saturated carbocycles. The molecule has 4 rings (SSSR count). The Morgan fingerprint density at radius 1 is 1.19 bits per heavy atom. The van der Waals surface area contributed by atoms with Gasteiger partial charge in [0, 0.05) is 30.0 Å². The van der Waals surface area contributed by atoms with Gasteiger partial charge in [-0.2, -0.15) is 0 Å². The van der Waals surface area contributed by atoms with Crippen LogP contribution in [0.1, 0.15) is 51.5 Å². The van der Waals surface area contributed by atoms with E-state index in [-0.39, 0.29) is 5.91 Å². The third kappa shape index (κ3) is 3.92. The maximum atomic E-state index is 12.4. The van der Waals surface area contributed by atoms with Crippen molar-refractivity contribution < 1.29 is 4.79 Å². The van der Waals surface area contributed by atoms with E-state index in [4.69, 9.17) is 0 Å². The average Bonchev–Trinajstić information content (AvgIpc) is 3.42. The van der Waals surface area contributed by atoms with E-state index in [1.165, 1.54) is 31.0 Å². The molecule has 0 aliphatic heterocycles. The highest BCUT2D eigenvalue weighted by Gasteiger charge is 2.30. The molecule has 0 bridgehead atoms. The number of nitrogens with zero attached hydrogens (tertiary/aromatic N) is 4. The predicted molar refractivity (Wildman–Crippen MR) is 102 cm³/mol. The molecule has 2 aliphatic rings. The minimum atomic E-state index is 0.101. The second kappa shape index (κ2) is 7.78. The molecule has 2 fully saturated rings. The first-order valence-corrected chi connectivity index (χ1v) is 10.5. The molecular weight excluding hydrogens is 346 g/mol. The van der Waals surface area contributed by atoms with Gasteiger partial charge in [-0.1, -0.05) is 31.5 Å². The minimum Gasteiger partial charge on any atom is -0.352 e. The lowest BCUT2D eigenvalue weighted by Gasteiger charge is -2.29. The lowest BCUT2D eigenvalue weighted by molar-refractivity contribution is -0.119. The first-order valence-electron chi connectivity index (χ1n) is 9.50. The number of aromatic nitrogens is 4. The van der Waals surface area contributed by atoms with Crippen LogP contribution in [0.25, 0.3) is 11.4 Å². The SMILES string of the molecule is C[C@@H]1CCCC[C@@H]1NC(=O)CSc1nnc(-c2ccncc2)n1C1CC1. The molecular formula is C19H25N5OS. The number of amides is 1. The Labute approximate surface area is 158 Å². The minimum absolute atomic E-state index is 0.101. The number of hydrogen-bond donors (Lipinski definition) is 1. The topological polar surface area (TPSA) is 72.7 Å². The Kier molecular flexibility index (Phi) is 5.24. The van der Waals surface area contributed by atoms with Crippen molar-refractivity contribution in [2.24, 2.45) is 5.92 Å². The van der Waals surface area contributed by atoms with Gasteiger partial charge in [0.25, 0.3) is 0 Å². The molecule has 2 aromatic rings. The van der Waals surface area contributed by atoms with Crippen LogP contribution in [-0.2, 0) is 4.79 Å². The zero-order valence-corrected chi connectivity index (χ0v) is 15.9. The Bertz CT molecular complexity index is 759. The van der Waals surface area contributed by atoms with Gasteiger partial charge in [0.05, 0.1) is 5.75 Å². The standard InChI is InChI=1S/C19H25N5OS/c1-13-4-2-3-5-16(13)21-17(25)12-26-19-23-22-18(24(19)15-6-7-15)14-8-10-20-11-9-14/h8-11,13,15-16H,2-7,12H2,1H3,(H,21,25)/t13-,16+/m1/s1. The van der Waals surface area contributed by atoms with Gasteiger partial charge in [-0.3, -0.25) is 14.3 Å².